The molecule has 1 saturated heterocycles. The van der Waals surface area contributed by atoms with Crippen molar-refractivity contribution in [3.05, 3.63) is 35.9 Å². The third-order valence-electron chi connectivity index (χ3n) is 5.19. The van der Waals surface area contributed by atoms with E-state index >= 15 is 0 Å². The molecule has 5 nitrogen and oxygen atoms in total. The second-order valence-corrected chi connectivity index (χ2v) is 7.35. The topological polar surface area (TPSA) is 57.1 Å². The van der Waals surface area contributed by atoms with E-state index in [2.05, 4.69) is 29.3 Å². The maximum absolute atomic E-state index is 10.3. The van der Waals surface area contributed by atoms with Crippen LogP contribution in [-0.4, -0.2) is 54.4 Å². The summed E-state index contributed by atoms with van der Waals surface area (Å²) in [6.45, 7) is 6.89. The van der Waals surface area contributed by atoms with Crippen molar-refractivity contribution < 1.29 is 9.84 Å². The van der Waals surface area contributed by atoms with Crippen LogP contribution >= 0.6 is 24.0 Å². The Labute approximate surface area is 174 Å². The van der Waals surface area contributed by atoms with Crippen molar-refractivity contribution in [2.75, 3.05) is 32.8 Å². The normalized spacial score (nSPS) is 21.8. The molecule has 2 aliphatic rings. The SMILES string of the molecule is CCNC(=NCC1(O)CCC1)N1CCC(COCc2ccccc2)C1.I. The molecule has 1 aromatic carbocycles. The molecule has 1 atom stereocenters. The zero-order valence-corrected chi connectivity index (χ0v) is 18.0. The van der Waals surface area contributed by atoms with Crippen molar-refractivity contribution in [2.24, 2.45) is 10.9 Å². The number of nitrogens with one attached hydrogen (secondary N) is 1. The van der Waals surface area contributed by atoms with Gasteiger partial charge in [0.05, 0.1) is 25.4 Å². The van der Waals surface area contributed by atoms with E-state index in [0.29, 0.717) is 19.1 Å². The van der Waals surface area contributed by atoms with E-state index in [1.54, 1.807) is 0 Å². The highest BCUT2D eigenvalue weighted by atomic mass is 127. The van der Waals surface area contributed by atoms with Gasteiger partial charge >= 0.3 is 0 Å². The lowest BCUT2D eigenvalue weighted by Crippen LogP contribution is -2.44. The van der Waals surface area contributed by atoms with Gasteiger partial charge in [-0.1, -0.05) is 30.3 Å². The Morgan fingerprint density at radius 3 is 2.77 bits per heavy atom. The molecule has 0 aromatic heterocycles. The van der Waals surface area contributed by atoms with Crippen molar-refractivity contribution in [1.82, 2.24) is 10.2 Å². The van der Waals surface area contributed by atoms with Gasteiger partial charge in [-0.2, -0.15) is 0 Å². The summed E-state index contributed by atoms with van der Waals surface area (Å²) in [5.41, 5.74) is 0.666. The zero-order chi connectivity index (χ0) is 17.5. The van der Waals surface area contributed by atoms with Gasteiger partial charge in [0, 0.05) is 25.6 Å². The summed E-state index contributed by atoms with van der Waals surface area (Å²) in [6, 6.07) is 10.3. The molecule has 6 heteroatoms. The molecule has 0 bridgehead atoms. The number of aliphatic hydroxyl groups is 1. The van der Waals surface area contributed by atoms with Crippen molar-refractivity contribution in [3.8, 4) is 0 Å². The first kappa shape index (κ1) is 21.4. The first-order chi connectivity index (χ1) is 12.2. The van der Waals surface area contributed by atoms with Gasteiger partial charge in [0.25, 0.3) is 0 Å². The molecule has 0 radical (unpaired) electrons. The number of hydrogen-bond acceptors (Lipinski definition) is 3. The summed E-state index contributed by atoms with van der Waals surface area (Å²) >= 11 is 0. The second-order valence-electron chi connectivity index (χ2n) is 7.35. The highest BCUT2D eigenvalue weighted by molar-refractivity contribution is 14.0. The highest BCUT2D eigenvalue weighted by Gasteiger charge is 2.34. The number of rotatable bonds is 7. The van der Waals surface area contributed by atoms with Gasteiger partial charge in [0.15, 0.2) is 5.96 Å². The Kier molecular flexibility index (Phi) is 8.63. The number of halogens is 1. The summed E-state index contributed by atoms with van der Waals surface area (Å²) in [5.74, 6) is 1.48. The molecule has 1 aliphatic carbocycles. The number of aliphatic imine (C=N–C) groups is 1. The van der Waals surface area contributed by atoms with Gasteiger partial charge in [-0.3, -0.25) is 4.99 Å². The van der Waals surface area contributed by atoms with Crippen LogP contribution in [-0.2, 0) is 11.3 Å². The summed E-state index contributed by atoms with van der Waals surface area (Å²) in [4.78, 5) is 7.00. The average molecular weight is 473 g/mol. The number of likely N-dealkylation sites (tertiary alicyclic amines) is 1. The number of benzene rings is 1. The number of ether oxygens (including phenoxy) is 1. The van der Waals surface area contributed by atoms with Gasteiger partial charge in [0.2, 0.25) is 0 Å². The van der Waals surface area contributed by atoms with Crippen molar-refractivity contribution in [1.29, 1.82) is 0 Å². The van der Waals surface area contributed by atoms with Crippen LogP contribution in [0.2, 0.25) is 0 Å². The van der Waals surface area contributed by atoms with Crippen LogP contribution < -0.4 is 5.32 Å². The lowest BCUT2D eigenvalue weighted by atomic mass is 9.80. The Morgan fingerprint density at radius 1 is 1.35 bits per heavy atom. The third kappa shape index (κ3) is 6.09. The lowest BCUT2D eigenvalue weighted by Gasteiger charge is -2.35. The van der Waals surface area contributed by atoms with Crippen LogP contribution in [0.3, 0.4) is 0 Å². The minimum Gasteiger partial charge on any atom is -0.388 e. The molecule has 3 rings (SSSR count). The molecule has 146 valence electrons. The molecule has 26 heavy (non-hydrogen) atoms. The lowest BCUT2D eigenvalue weighted by molar-refractivity contribution is -0.0237. The molecule has 1 aromatic rings. The monoisotopic (exact) mass is 473 g/mol. The fraction of sp³-hybridized carbons (Fsp3) is 0.650. The van der Waals surface area contributed by atoms with Crippen LogP contribution in [0, 0.1) is 5.92 Å². The predicted octanol–water partition coefficient (Wildman–Crippen LogP) is 3.02. The van der Waals surface area contributed by atoms with E-state index in [-0.39, 0.29) is 24.0 Å². The van der Waals surface area contributed by atoms with E-state index < -0.39 is 5.60 Å². The van der Waals surface area contributed by atoms with E-state index in [9.17, 15) is 5.11 Å². The maximum Gasteiger partial charge on any atom is 0.194 e. The molecule has 0 spiro atoms. The second kappa shape index (κ2) is 10.5. The van der Waals surface area contributed by atoms with E-state index in [1.807, 2.05) is 18.2 Å². The summed E-state index contributed by atoms with van der Waals surface area (Å²) < 4.78 is 5.91. The molecule has 1 saturated carbocycles. The largest absolute Gasteiger partial charge is 0.388 e. The fourth-order valence-electron chi connectivity index (χ4n) is 3.47. The standard InChI is InChI=1S/C20H31N3O2.HI/c1-2-21-19(22-16-20(24)10-6-11-20)23-12-9-18(13-23)15-25-14-17-7-4-3-5-8-17;/h3-5,7-8,18,24H,2,6,9-16H2,1H3,(H,21,22);1H. The van der Waals surface area contributed by atoms with Crippen LogP contribution in [0.1, 0.15) is 38.2 Å². The van der Waals surface area contributed by atoms with Gasteiger partial charge < -0.3 is 20.1 Å². The van der Waals surface area contributed by atoms with Gasteiger partial charge in [-0.25, -0.2) is 0 Å². The van der Waals surface area contributed by atoms with E-state index in [0.717, 1.165) is 57.9 Å². The highest BCUT2D eigenvalue weighted by Crippen LogP contribution is 2.31. The number of guanidine groups is 1. The van der Waals surface area contributed by atoms with Gasteiger partial charge in [0.1, 0.15) is 0 Å². The van der Waals surface area contributed by atoms with Gasteiger partial charge in [-0.15, -0.1) is 24.0 Å². The zero-order valence-electron chi connectivity index (χ0n) is 15.7. The molecular weight excluding hydrogens is 441 g/mol. The van der Waals surface area contributed by atoms with Crippen LogP contribution in [0.15, 0.2) is 35.3 Å². The molecular formula is C20H32IN3O2. The van der Waals surface area contributed by atoms with Gasteiger partial charge in [-0.05, 0) is 38.2 Å². The summed E-state index contributed by atoms with van der Waals surface area (Å²) in [7, 11) is 0. The predicted molar refractivity (Wildman–Crippen MR) is 116 cm³/mol. The molecule has 0 amide bonds. The van der Waals surface area contributed by atoms with E-state index in [4.69, 9.17) is 9.73 Å². The molecule has 2 N–H and O–H groups in total. The molecule has 1 heterocycles. The minimum absolute atomic E-state index is 0. The summed E-state index contributed by atoms with van der Waals surface area (Å²) in [6.07, 6.45) is 4.01. The minimum atomic E-state index is -0.557. The molecule has 1 unspecified atom stereocenters. The molecule has 1 aliphatic heterocycles. The Hall–Kier alpha value is -0.860. The Balaban J connectivity index is 0.00000243. The van der Waals surface area contributed by atoms with Crippen molar-refractivity contribution in [2.45, 2.75) is 44.8 Å². The smallest absolute Gasteiger partial charge is 0.194 e. The number of hydrogen-bond donors (Lipinski definition) is 2. The van der Waals surface area contributed by atoms with Crippen LogP contribution in [0.5, 0.6) is 0 Å². The summed E-state index contributed by atoms with van der Waals surface area (Å²) in [5, 5.41) is 13.6. The first-order valence-corrected chi connectivity index (χ1v) is 9.56. The number of nitrogens with zero attached hydrogens (tertiary/aromatic N) is 2. The Morgan fingerprint density at radius 2 is 2.12 bits per heavy atom. The molecule has 2 fully saturated rings. The average Bonchev–Trinajstić information content (AvgIpc) is 3.06. The Bertz CT molecular complexity index is 563. The fourth-order valence-corrected chi connectivity index (χ4v) is 3.47. The van der Waals surface area contributed by atoms with Crippen LogP contribution in [0.25, 0.3) is 0 Å². The van der Waals surface area contributed by atoms with Crippen LogP contribution in [0.4, 0.5) is 0 Å². The van der Waals surface area contributed by atoms with Crippen molar-refractivity contribution in [3.63, 3.8) is 0 Å². The third-order valence-corrected chi connectivity index (χ3v) is 5.19. The maximum atomic E-state index is 10.3. The van der Waals surface area contributed by atoms with E-state index in [1.165, 1.54) is 5.56 Å². The van der Waals surface area contributed by atoms with Crippen molar-refractivity contribution >= 4 is 29.9 Å². The quantitative estimate of drug-likeness (QED) is 0.363. The first-order valence-electron chi connectivity index (χ1n) is 9.56.